The van der Waals surface area contributed by atoms with Crippen LogP contribution < -0.4 is 25.1 Å². The van der Waals surface area contributed by atoms with E-state index in [9.17, 15) is 9.59 Å². The second kappa shape index (κ2) is 8.84. The lowest BCUT2D eigenvalue weighted by Gasteiger charge is -2.39. The average Bonchev–Trinajstić information content (AvgIpc) is 3.42. The Morgan fingerprint density at radius 3 is 2.87 bits per heavy atom. The highest BCUT2D eigenvalue weighted by molar-refractivity contribution is 7.12. The topological polar surface area (TPSA) is 95.5 Å². The molecule has 3 heterocycles. The highest BCUT2D eigenvalue weighted by Gasteiger charge is 2.43. The number of hydrogen-bond acceptors (Lipinski definition) is 8. The number of carbonyl (C=O) groups is 2. The molecule has 2 aromatic rings. The number of nitrogens with zero attached hydrogens (tertiary/aromatic N) is 3. The summed E-state index contributed by atoms with van der Waals surface area (Å²) in [7, 11) is 3.12. The molecule has 0 fully saturated rings. The van der Waals surface area contributed by atoms with E-state index in [0.717, 1.165) is 17.9 Å². The fourth-order valence-electron chi connectivity index (χ4n) is 3.74. The maximum Gasteiger partial charge on any atom is 0.269 e. The standard InChI is InChI=1S/C21H25N5O4S/c1-4-10-25-20(28)19-15(9-11-31-19)26-17(23-24-21(25)26)7-8-18(27)22-14-6-5-13(29-2)12-16(14)30-3/h5-6,9,11-12,21,24H,4,7-8,10H2,1-3H3,(H,22,27). The van der Waals surface area contributed by atoms with Gasteiger partial charge in [-0.05, 0) is 30.0 Å². The van der Waals surface area contributed by atoms with Crippen LogP contribution in [0.2, 0.25) is 0 Å². The summed E-state index contributed by atoms with van der Waals surface area (Å²) < 4.78 is 10.5. The van der Waals surface area contributed by atoms with E-state index in [1.54, 1.807) is 37.3 Å². The zero-order chi connectivity index (χ0) is 22.0. The van der Waals surface area contributed by atoms with Gasteiger partial charge in [0.05, 0.1) is 25.6 Å². The molecule has 31 heavy (non-hydrogen) atoms. The van der Waals surface area contributed by atoms with Gasteiger partial charge in [-0.2, -0.15) is 5.10 Å². The van der Waals surface area contributed by atoms with Crippen LogP contribution in [0.1, 0.15) is 35.9 Å². The first-order valence-corrected chi connectivity index (χ1v) is 11.0. The van der Waals surface area contributed by atoms with Crippen LogP contribution in [0.4, 0.5) is 11.4 Å². The number of hydrazone groups is 1. The molecule has 2 amide bonds. The van der Waals surface area contributed by atoms with E-state index in [1.165, 1.54) is 11.3 Å². The van der Waals surface area contributed by atoms with E-state index in [0.29, 0.717) is 35.0 Å². The Bertz CT molecular complexity index is 1020. The molecule has 10 heteroatoms. The quantitative estimate of drug-likeness (QED) is 0.651. The Kier molecular flexibility index (Phi) is 5.99. The molecule has 0 saturated heterocycles. The number of amides is 2. The number of methoxy groups -OCH3 is 2. The van der Waals surface area contributed by atoms with Crippen molar-refractivity contribution in [1.82, 2.24) is 10.3 Å². The Morgan fingerprint density at radius 2 is 2.13 bits per heavy atom. The molecule has 1 aromatic heterocycles. The van der Waals surface area contributed by atoms with Crippen molar-refractivity contribution in [1.29, 1.82) is 0 Å². The van der Waals surface area contributed by atoms with E-state index in [1.807, 2.05) is 23.3 Å². The van der Waals surface area contributed by atoms with Crippen LogP contribution in [-0.4, -0.2) is 49.6 Å². The lowest BCUT2D eigenvalue weighted by atomic mass is 10.2. The van der Waals surface area contributed by atoms with Gasteiger partial charge in [0, 0.05) is 25.5 Å². The summed E-state index contributed by atoms with van der Waals surface area (Å²) >= 11 is 1.43. The predicted octanol–water partition coefficient (Wildman–Crippen LogP) is 3.06. The maximum absolute atomic E-state index is 12.8. The van der Waals surface area contributed by atoms with Crippen molar-refractivity contribution in [3.63, 3.8) is 0 Å². The zero-order valence-electron chi connectivity index (χ0n) is 17.7. The SMILES string of the molecule is CCCN1C(=O)c2sccc2N2C(CCC(=O)Nc3ccc(OC)cc3OC)=NNC12. The predicted molar refractivity (Wildman–Crippen MR) is 120 cm³/mol. The molecular weight excluding hydrogens is 418 g/mol. The van der Waals surface area contributed by atoms with Gasteiger partial charge in [-0.15, -0.1) is 11.3 Å². The summed E-state index contributed by atoms with van der Waals surface area (Å²) in [6, 6.07) is 7.16. The number of carbonyl (C=O) groups excluding carboxylic acids is 2. The number of nitrogens with one attached hydrogen (secondary N) is 2. The van der Waals surface area contributed by atoms with Crippen LogP contribution in [0.25, 0.3) is 0 Å². The van der Waals surface area contributed by atoms with Crippen LogP contribution in [0.5, 0.6) is 11.5 Å². The molecule has 0 saturated carbocycles. The van der Waals surface area contributed by atoms with Crippen molar-refractivity contribution in [3.05, 3.63) is 34.5 Å². The number of thiophene rings is 1. The second-order valence-electron chi connectivity index (χ2n) is 7.15. The first-order chi connectivity index (χ1) is 15.1. The largest absolute Gasteiger partial charge is 0.497 e. The fourth-order valence-corrected chi connectivity index (χ4v) is 4.58. The second-order valence-corrected chi connectivity index (χ2v) is 8.06. The molecule has 0 bridgehead atoms. The summed E-state index contributed by atoms with van der Waals surface area (Å²) in [6.45, 7) is 2.67. The molecule has 1 aromatic carbocycles. The summed E-state index contributed by atoms with van der Waals surface area (Å²) in [5.41, 5.74) is 4.49. The number of benzene rings is 1. The van der Waals surface area contributed by atoms with Gasteiger partial charge in [0.15, 0.2) is 0 Å². The summed E-state index contributed by atoms with van der Waals surface area (Å²) in [5, 5.41) is 9.24. The van der Waals surface area contributed by atoms with E-state index in [2.05, 4.69) is 15.8 Å². The molecular formula is C21H25N5O4S. The minimum Gasteiger partial charge on any atom is -0.497 e. The molecule has 9 nitrogen and oxygen atoms in total. The normalized spacial score (nSPS) is 16.9. The van der Waals surface area contributed by atoms with Gasteiger partial charge in [0.2, 0.25) is 12.2 Å². The monoisotopic (exact) mass is 443 g/mol. The van der Waals surface area contributed by atoms with Crippen molar-refractivity contribution in [2.45, 2.75) is 32.5 Å². The van der Waals surface area contributed by atoms with Gasteiger partial charge in [-0.25, -0.2) is 0 Å². The van der Waals surface area contributed by atoms with Gasteiger partial charge in [-0.3, -0.25) is 24.8 Å². The molecule has 0 aliphatic carbocycles. The summed E-state index contributed by atoms with van der Waals surface area (Å²) in [4.78, 5) is 29.9. The Hall–Kier alpha value is -3.27. The van der Waals surface area contributed by atoms with Crippen molar-refractivity contribution >= 4 is 40.4 Å². The van der Waals surface area contributed by atoms with Crippen LogP contribution in [0, 0.1) is 0 Å². The van der Waals surface area contributed by atoms with Gasteiger partial charge in [-0.1, -0.05) is 6.92 Å². The first kappa shape index (κ1) is 21.0. The Morgan fingerprint density at radius 1 is 1.29 bits per heavy atom. The van der Waals surface area contributed by atoms with Gasteiger partial charge in [0.25, 0.3) is 5.91 Å². The number of ether oxygens (including phenoxy) is 2. The van der Waals surface area contributed by atoms with Crippen LogP contribution in [-0.2, 0) is 4.79 Å². The minimum atomic E-state index is -0.353. The molecule has 0 spiro atoms. The van der Waals surface area contributed by atoms with Crippen LogP contribution in [0.3, 0.4) is 0 Å². The van der Waals surface area contributed by atoms with Crippen molar-refractivity contribution in [2.24, 2.45) is 5.10 Å². The molecule has 2 aliphatic heterocycles. The fraction of sp³-hybridized carbons (Fsp3) is 0.381. The van der Waals surface area contributed by atoms with Crippen molar-refractivity contribution in [3.8, 4) is 11.5 Å². The number of hydrogen-bond donors (Lipinski definition) is 2. The lowest BCUT2D eigenvalue weighted by molar-refractivity contribution is -0.116. The summed E-state index contributed by atoms with van der Waals surface area (Å²) in [6.07, 6.45) is 1.16. The molecule has 4 rings (SSSR count). The van der Waals surface area contributed by atoms with E-state index >= 15 is 0 Å². The van der Waals surface area contributed by atoms with Gasteiger partial charge < -0.3 is 14.8 Å². The first-order valence-electron chi connectivity index (χ1n) is 10.1. The van der Waals surface area contributed by atoms with E-state index in [4.69, 9.17) is 9.47 Å². The van der Waals surface area contributed by atoms with Gasteiger partial charge >= 0.3 is 0 Å². The molecule has 164 valence electrons. The molecule has 2 aliphatic rings. The molecule has 1 unspecified atom stereocenters. The van der Waals surface area contributed by atoms with Crippen LogP contribution in [0.15, 0.2) is 34.7 Å². The van der Waals surface area contributed by atoms with Gasteiger partial charge in [0.1, 0.15) is 22.2 Å². The highest BCUT2D eigenvalue weighted by Crippen LogP contribution is 2.37. The minimum absolute atomic E-state index is 0.0152. The third-order valence-electron chi connectivity index (χ3n) is 5.21. The Labute approximate surface area is 184 Å². The molecule has 1 atom stereocenters. The summed E-state index contributed by atoms with van der Waals surface area (Å²) in [5.74, 6) is 1.77. The average molecular weight is 444 g/mol. The van der Waals surface area contributed by atoms with Crippen molar-refractivity contribution < 1.29 is 19.1 Å². The Balaban J connectivity index is 1.45. The number of fused-ring (bicyclic) bond motifs is 3. The smallest absolute Gasteiger partial charge is 0.269 e. The highest BCUT2D eigenvalue weighted by atomic mass is 32.1. The van der Waals surface area contributed by atoms with E-state index < -0.39 is 0 Å². The van der Waals surface area contributed by atoms with Crippen LogP contribution >= 0.6 is 11.3 Å². The maximum atomic E-state index is 12.8. The molecule has 2 N–H and O–H groups in total. The molecule has 0 radical (unpaired) electrons. The van der Waals surface area contributed by atoms with Crippen molar-refractivity contribution in [2.75, 3.05) is 31.0 Å². The third-order valence-corrected chi connectivity index (χ3v) is 6.10. The number of anilines is 2. The third kappa shape index (κ3) is 3.90. The number of amidine groups is 1. The van der Waals surface area contributed by atoms with E-state index in [-0.39, 0.29) is 24.5 Å². The lowest BCUT2D eigenvalue weighted by Crippen LogP contribution is -2.58. The zero-order valence-corrected chi connectivity index (χ0v) is 18.5. The number of rotatable bonds is 8.